The summed E-state index contributed by atoms with van der Waals surface area (Å²) >= 11 is 0. The van der Waals surface area contributed by atoms with Gasteiger partial charge < -0.3 is 14.0 Å². The van der Waals surface area contributed by atoms with Crippen LogP contribution in [0.2, 0.25) is 0 Å². The molecule has 0 atom stereocenters. The first-order valence-electron chi connectivity index (χ1n) is 9.42. The molecule has 0 aliphatic heterocycles. The number of hydrogen-bond donors (Lipinski definition) is 1. The van der Waals surface area contributed by atoms with Crippen molar-refractivity contribution in [2.75, 3.05) is 7.11 Å². The number of nitrogens with one attached hydrogen (secondary N) is 1. The maximum Gasteiger partial charge on any atom is 0.301 e. The Labute approximate surface area is 175 Å². The highest BCUT2D eigenvalue weighted by Crippen LogP contribution is 2.34. The molecule has 0 unspecified atom stereocenters. The Morgan fingerprint density at radius 3 is 2.61 bits per heavy atom. The summed E-state index contributed by atoms with van der Waals surface area (Å²) < 4.78 is 12.4. The molecule has 31 heavy (non-hydrogen) atoms. The molecule has 0 aliphatic rings. The molecule has 1 aromatic carbocycles. The summed E-state index contributed by atoms with van der Waals surface area (Å²) in [7, 11) is 1.50. The van der Waals surface area contributed by atoms with Gasteiger partial charge in [0.25, 0.3) is 5.82 Å². The number of methoxy groups -OCH3 is 1. The summed E-state index contributed by atoms with van der Waals surface area (Å²) in [6.07, 6.45) is 0. The van der Waals surface area contributed by atoms with Gasteiger partial charge in [-0.1, -0.05) is 36.9 Å². The van der Waals surface area contributed by atoms with Crippen LogP contribution in [-0.4, -0.2) is 31.7 Å². The zero-order chi connectivity index (χ0) is 21.7. The maximum absolute atomic E-state index is 13.4. The summed E-state index contributed by atoms with van der Waals surface area (Å²) in [4.78, 5) is 30.3. The van der Waals surface area contributed by atoms with E-state index in [1.54, 1.807) is 13.0 Å². The molecule has 0 radical (unpaired) electrons. The molecule has 0 saturated heterocycles. The largest absolute Gasteiger partial charge is 0.479 e. The highest BCUT2D eigenvalue weighted by molar-refractivity contribution is 5.88. The highest BCUT2D eigenvalue weighted by atomic mass is 16.5. The predicted molar refractivity (Wildman–Crippen MR) is 114 cm³/mol. The summed E-state index contributed by atoms with van der Waals surface area (Å²) in [5.41, 5.74) is 3.54. The number of aryl methyl sites for hydroxylation is 2. The van der Waals surface area contributed by atoms with Crippen molar-refractivity contribution < 1.29 is 9.15 Å². The average Bonchev–Trinajstić information content (AvgIpc) is 3.35. The fraction of sp³-hybridized carbons (Fsp3) is 0.136. The SMILES string of the molecule is [C-]#[N+]c1[nH]n2c(=O)c(-c3nc4c(OC)nc(C)cc4o3)c(C)nc2c1-c1ccccc1. The first-order chi connectivity index (χ1) is 15.0. The Morgan fingerprint density at radius 2 is 1.90 bits per heavy atom. The summed E-state index contributed by atoms with van der Waals surface area (Å²) in [5.74, 6) is 0.662. The van der Waals surface area contributed by atoms with Gasteiger partial charge in [0.05, 0.1) is 18.4 Å². The number of rotatable bonds is 3. The third-order valence-electron chi connectivity index (χ3n) is 5.00. The lowest BCUT2D eigenvalue weighted by atomic mass is 10.1. The van der Waals surface area contributed by atoms with Crippen molar-refractivity contribution in [2.24, 2.45) is 0 Å². The van der Waals surface area contributed by atoms with E-state index in [4.69, 9.17) is 15.7 Å². The van der Waals surface area contributed by atoms with Gasteiger partial charge in [0.2, 0.25) is 11.8 Å². The predicted octanol–water partition coefficient (Wildman–Crippen LogP) is 4.07. The zero-order valence-corrected chi connectivity index (χ0v) is 16.9. The van der Waals surface area contributed by atoms with Crippen molar-refractivity contribution in [3.8, 4) is 28.5 Å². The van der Waals surface area contributed by atoms with Gasteiger partial charge in [-0.2, -0.15) is 0 Å². The van der Waals surface area contributed by atoms with Crippen LogP contribution in [0.5, 0.6) is 5.88 Å². The minimum Gasteiger partial charge on any atom is -0.479 e. The number of aromatic amines is 1. The van der Waals surface area contributed by atoms with E-state index < -0.39 is 5.56 Å². The summed E-state index contributed by atoms with van der Waals surface area (Å²) in [6.45, 7) is 11.1. The molecule has 4 heterocycles. The first-order valence-corrected chi connectivity index (χ1v) is 9.42. The zero-order valence-electron chi connectivity index (χ0n) is 16.9. The number of pyridine rings is 1. The van der Waals surface area contributed by atoms with Gasteiger partial charge in [-0.3, -0.25) is 4.79 Å². The number of fused-ring (bicyclic) bond motifs is 2. The van der Waals surface area contributed by atoms with Crippen LogP contribution >= 0.6 is 0 Å². The van der Waals surface area contributed by atoms with Crippen molar-refractivity contribution in [2.45, 2.75) is 13.8 Å². The second-order valence-electron chi connectivity index (χ2n) is 6.99. The fourth-order valence-corrected chi connectivity index (χ4v) is 3.63. The lowest BCUT2D eigenvalue weighted by Crippen LogP contribution is -2.19. The van der Waals surface area contributed by atoms with Crippen molar-refractivity contribution in [3.05, 3.63) is 69.6 Å². The molecule has 0 fully saturated rings. The van der Waals surface area contributed by atoms with Crippen LogP contribution in [0.1, 0.15) is 11.4 Å². The summed E-state index contributed by atoms with van der Waals surface area (Å²) in [5, 5.41) is 2.86. The van der Waals surface area contributed by atoms with Gasteiger partial charge in [0.1, 0.15) is 5.56 Å². The Morgan fingerprint density at radius 1 is 1.13 bits per heavy atom. The van der Waals surface area contributed by atoms with E-state index in [1.807, 2.05) is 37.3 Å². The van der Waals surface area contributed by atoms with Crippen molar-refractivity contribution >= 4 is 22.6 Å². The van der Waals surface area contributed by atoms with Gasteiger partial charge in [0.15, 0.2) is 16.7 Å². The Bertz CT molecular complexity index is 1570. The van der Waals surface area contributed by atoms with Gasteiger partial charge >= 0.3 is 5.56 Å². The first kappa shape index (κ1) is 18.6. The fourth-order valence-electron chi connectivity index (χ4n) is 3.63. The van der Waals surface area contributed by atoms with Crippen molar-refractivity contribution in [3.63, 3.8) is 0 Å². The molecule has 0 saturated carbocycles. The topological polar surface area (TPSA) is 103 Å². The van der Waals surface area contributed by atoms with Crippen LogP contribution < -0.4 is 10.3 Å². The molecule has 0 amide bonds. The number of nitrogens with zero attached hydrogens (tertiary/aromatic N) is 5. The van der Waals surface area contributed by atoms with E-state index in [2.05, 4.69) is 24.9 Å². The lowest BCUT2D eigenvalue weighted by molar-refractivity contribution is 0.401. The van der Waals surface area contributed by atoms with Crippen LogP contribution in [-0.2, 0) is 0 Å². The van der Waals surface area contributed by atoms with E-state index in [1.165, 1.54) is 11.6 Å². The molecule has 0 aliphatic carbocycles. The number of H-pyrrole nitrogens is 1. The molecule has 5 aromatic rings. The Balaban J connectivity index is 1.80. The van der Waals surface area contributed by atoms with E-state index >= 15 is 0 Å². The van der Waals surface area contributed by atoms with Crippen LogP contribution in [0.4, 0.5) is 5.82 Å². The number of ether oxygens (including phenoxy) is 1. The standard InChI is InChI=1S/C22H16N6O3/c1-11-10-14-17(21(24-11)30-4)26-20(31-14)15-12(2)25-19-16(13-8-6-5-7-9-13)18(23-3)27-28(19)22(15)29/h5-10,27H,1-2,4H3. The molecule has 4 aromatic heterocycles. The number of benzene rings is 1. The molecule has 0 bridgehead atoms. The number of oxazole rings is 1. The van der Waals surface area contributed by atoms with Crippen LogP contribution in [0.3, 0.4) is 0 Å². The van der Waals surface area contributed by atoms with E-state index in [0.717, 1.165) is 5.56 Å². The van der Waals surface area contributed by atoms with Gasteiger partial charge in [0, 0.05) is 11.8 Å². The van der Waals surface area contributed by atoms with Gasteiger partial charge in [-0.15, -0.1) is 4.52 Å². The minimum absolute atomic E-state index is 0.116. The Kier molecular flexibility index (Phi) is 4.08. The summed E-state index contributed by atoms with van der Waals surface area (Å²) in [6, 6.07) is 11.1. The smallest absolute Gasteiger partial charge is 0.301 e. The highest BCUT2D eigenvalue weighted by Gasteiger charge is 2.24. The van der Waals surface area contributed by atoms with E-state index in [0.29, 0.717) is 39.6 Å². The molecular weight excluding hydrogens is 396 g/mol. The normalized spacial score (nSPS) is 11.2. The maximum atomic E-state index is 13.4. The van der Waals surface area contributed by atoms with Gasteiger partial charge in [-0.05, 0) is 19.4 Å². The van der Waals surface area contributed by atoms with Crippen LogP contribution in [0, 0.1) is 20.4 Å². The van der Waals surface area contributed by atoms with Crippen molar-refractivity contribution in [1.29, 1.82) is 0 Å². The quantitative estimate of drug-likeness (QED) is 0.448. The molecule has 0 spiro atoms. The van der Waals surface area contributed by atoms with Crippen LogP contribution in [0.25, 0.3) is 44.2 Å². The van der Waals surface area contributed by atoms with E-state index in [-0.39, 0.29) is 17.3 Å². The number of hydrogen-bond acceptors (Lipinski definition) is 6. The van der Waals surface area contributed by atoms with E-state index in [9.17, 15) is 4.79 Å². The van der Waals surface area contributed by atoms with Crippen LogP contribution in [0.15, 0.2) is 45.6 Å². The minimum atomic E-state index is -0.412. The molecular formula is C22H16N6O3. The molecule has 1 N–H and O–H groups in total. The number of aromatic nitrogens is 5. The average molecular weight is 412 g/mol. The molecule has 152 valence electrons. The second kappa shape index (κ2) is 6.81. The lowest BCUT2D eigenvalue weighted by Gasteiger charge is -2.03. The van der Waals surface area contributed by atoms with Gasteiger partial charge in [-0.25, -0.2) is 20.1 Å². The Hall–Kier alpha value is -4.45. The third-order valence-corrected chi connectivity index (χ3v) is 5.00. The molecule has 5 rings (SSSR count). The molecule has 9 nitrogen and oxygen atoms in total. The van der Waals surface area contributed by atoms with Crippen molar-refractivity contribution in [1.82, 2.24) is 24.6 Å². The molecule has 9 heteroatoms. The second-order valence-corrected chi connectivity index (χ2v) is 6.99. The third kappa shape index (κ3) is 2.77. The monoisotopic (exact) mass is 412 g/mol.